The van der Waals surface area contributed by atoms with Crippen LogP contribution < -0.4 is 0 Å². The zero-order valence-corrected chi connectivity index (χ0v) is 9.95. The smallest absolute Gasteiger partial charge is 0.259 e. The van der Waals surface area contributed by atoms with Gasteiger partial charge < -0.3 is 9.51 Å². The predicted octanol–water partition coefficient (Wildman–Crippen LogP) is 1.70. The van der Waals surface area contributed by atoms with Crippen molar-refractivity contribution in [1.29, 1.82) is 5.26 Å². The van der Waals surface area contributed by atoms with Gasteiger partial charge in [-0.2, -0.15) is 10.2 Å². The number of nitrogens with one attached hydrogen (secondary N) is 1. The molecule has 0 radical (unpaired) electrons. The first kappa shape index (κ1) is 11.1. The third-order valence-corrected chi connectivity index (χ3v) is 2.48. The van der Waals surface area contributed by atoms with Crippen LogP contribution in [0, 0.1) is 18.3 Å². The first-order valence-electron chi connectivity index (χ1n) is 5.49. The van der Waals surface area contributed by atoms with Crippen LogP contribution in [0.1, 0.15) is 11.5 Å². The molecule has 0 spiro atoms. The topological polar surface area (TPSA) is 104 Å². The Hall–Kier alpha value is -3.01. The van der Waals surface area contributed by atoms with Crippen LogP contribution in [0.15, 0.2) is 29.0 Å². The number of aromatic amines is 1. The van der Waals surface area contributed by atoms with E-state index < -0.39 is 0 Å². The summed E-state index contributed by atoms with van der Waals surface area (Å²) < 4.78 is 5.15. The maximum atomic E-state index is 8.75. The number of hydrogen-bond acceptors (Lipinski definition) is 6. The van der Waals surface area contributed by atoms with Crippen molar-refractivity contribution in [2.75, 3.05) is 0 Å². The lowest BCUT2D eigenvalue weighted by atomic mass is 10.3. The highest BCUT2D eigenvalue weighted by atomic mass is 16.5. The molecule has 3 rings (SSSR count). The molecule has 19 heavy (non-hydrogen) atoms. The molecule has 0 bridgehead atoms. The Bertz CT molecular complexity index is 766. The third-order valence-electron chi connectivity index (χ3n) is 2.48. The van der Waals surface area contributed by atoms with E-state index in [0.29, 0.717) is 34.5 Å². The first-order valence-corrected chi connectivity index (χ1v) is 5.49. The molecular weight excluding hydrogens is 244 g/mol. The number of nitrogens with zero attached hydrogens (tertiary/aromatic N) is 5. The van der Waals surface area contributed by atoms with Gasteiger partial charge >= 0.3 is 0 Å². The maximum absolute atomic E-state index is 8.75. The second-order valence-corrected chi connectivity index (χ2v) is 3.83. The number of nitriles is 1. The minimum absolute atomic E-state index is 0.337. The molecule has 3 heterocycles. The Morgan fingerprint density at radius 3 is 3.00 bits per heavy atom. The highest BCUT2D eigenvalue weighted by Crippen LogP contribution is 2.21. The van der Waals surface area contributed by atoms with Gasteiger partial charge in [-0.05, 0) is 19.1 Å². The molecule has 3 aromatic rings. The lowest BCUT2D eigenvalue weighted by Gasteiger charge is -1.93. The maximum Gasteiger partial charge on any atom is 0.259 e. The summed E-state index contributed by atoms with van der Waals surface area (Å²) in [7, 11) is 0. The summed E-state index contributed by atoms with van der Waals surface area (Å²) in [6, 6.07) is 5.35. The van der Waals surface area contributed by atoms with Crippen LogP contribution in [0.3, 0.4) is 0 Å². The van der Waals surface area contributed by atoms with Gasteiger partial charge in [0, 0.05) is 12.4 Å². The van der Waals surface area contributed by atoms with E-state index in [1.807, 2.05) is 6.07 Å². The van der Waals surface area contributed by atoms with Crippen LogP contribution in [0.5, 0.6) is 0 Å². The van der Waals surface area contributed by atoms with Crippen molar-refractivity contribution in [3.8, 4) is 29.0 Å². The average Bonchev–Trinajstić information content (AvgIpc) is 3.07. The molecule has 1 N–H and O–H groups in total. The SMILES string of the molecule is Cc1nccc(-c2noc(-c3c[nH]c(C#N)c3)n2)n1. The quantitative estimate of drug-likeness (QED) is 0.744. The molecule has 0 aliphatic carbocycles. The zero-order chi connectivity index (χ0) is 13.2. The molecule has 0 aliphatic rings. The molecule has 0 aromatic carbocycles. The fourth-order valence-corrected chi connectivity index (χ4v) is 1.61. The van der Waals surface area contributed by atoms with Gasteiger partial charge in [-0.3, -0.25) is 0 Å². The second-order valence-electron chi connectivity index (χ2n) is 3.83. The number of aromatic nitrogens is 5. The van der Waals surface area contributed by atoms with Gasteiger partial charge in [0.25, 0.3) is 5.89 Å². The van der Waals surface area contributed by atoms with E-state index in [1.54, 1.807) is 31.5 Å². The zero-order valence-electron chi connectivity index (χ0n) is 9.95. The van der Waals surface area contributed by atoms with Crippen LogP contribution in [0.4, 0.5) is 0 Å². The summed E-state index contributed by atoms with van der Waals surface area (Å²) in [5.74, 6) is 1.36. The van der Waals surface area contributed by atoms with Crippen molar-refractivity contribution in [1.82, 2.24) is 25.1 Å². The summed E-state index contributed by atoms with van der Waals surface area (Å²) in [5.41, 5.74) is 1.70. The van der Waals surface area contributed by atoms with Gasteiger partial charge in [-0.15, -0.1) is 0 Å². The molecule has 0 amide bonds. The van der Waals surface area contributed by atoms with Gasteiger partial charge in [0.2, 0.25) is 5.82 Å². The molecule has 0 atom stereocenters. The van der Waals surface area contributed by atoms with E-state index in [0.717, 1.165) is 0 Å². The largest absolute Gasteiger partial charge is 0.352 e. The predicted molar refractivity (Wildman–Crippen MR) is 64.6 cm³/mol. The Kier molecular flexibility index (Phi) is 2.54. The highest BCUT2D eigenvalue weighted by molar-refractivity contribution is 5.58. The summed E-state index contributed by atoms with van der Waals surface area (Å²) in [6.45, 7) is 1.79. The molecule has 7 heteroatoms. The molecule has 3 aromatic heterocycles. The van der Waals surface area contributed by atoms with Crippen molar-refractivity contribution >= 4 is 0 Å². The van der Waals surface area contributed by atoms with Crippen LogP contribution in [0.25, 0.3) is 23.0 Å². The first-order chi connectivity index (χ1) is 9.26. The van der Waals surface area contributed by atoms with Crippen LogP contribution in [-0.2, 0) is 0 Å². The molecule has 0 fully saturated rings. The summed E-state index contributed by atoms with van der Waals surface area (Å²) >= 11 is 0. The minimum Gasteiger partial charge on any atom is -0.352 e. The summed E-state index contributed by atoms with van der Waals surface area (Å²) in [6.07, 6.45) is 3.28. The lowest BCUT2D eigenvalue weighted by molar-refractivity contribution is 0.432. The van der Waals surface area contributed by atoms with Crippen molar-refractivity contribution < 1.29 is 4.52 Å². The number of H-pyrrole nitrogens is 1. The van der Waals surface area contributed by atoms with Crippen molar-refractivity contribution in [3.05, 3.63) is 36.0 Å². The van der Waals surface area contributed by atoms with Gasteiger partial charge in [0.1, 0.15) is 23.3 Å². The van der Waals surface area contributed by atoms with Crippen LogP contribution in [0.2, 0.25) is 0 Å². The van der Waals surface area contributed by atoms with Gasteiger partial charge in [-0.1, -0.05) is 5.16 Å². The standard InChI is InChI=1S/C12H8N6O/c1-7-14-3-2-10(16-7)11-17-12(19-18-11)8-4-9(5-13)15-6-8/h2-4,6,15H,1H3. The van der Waals surface area contributed by atoms with Gasteiger partial charge in [0.15, 0.2) is 0 Å². The Morgan fingerprint density at radius 2 is 2.26 bits per heavy atom. The van der Waals surface area contributed by atoms with E-state index in [-0.39, 0.29) is 0 Å². The Morgan fingerprint density at radius 1 is 1.37 bits per heavy atom. The monoisotopic (exact) mass is 252 g/mol. The molecule has 0 saturated carbocycles. The van der Waals surface area contributed by atoms with Gasteiger partial charge in [-0.25, -0.2) is 9.97 Å². The molecule has 92 valence electrons. The second kappa shape index (κ2) is 4.34. The third kappa shape index (κ3) is 2.07. The minimum atomic E-state index is 0.337. The Balaban J connectivity index is 1.97. The molecule has 7 nitrogen and oxygen atoms in total. The van der Waals surface area contributed by atoms with Crippen molar-refractivity contribution in [3.63, 3.8) is 0 Å². The van der Waals surface area contributed by atoms with E-state index in [9.17, 15) is 0 Å². The van der Waals surface area contributed by atoms with E-state index >= 15 is 0 Å². The van der Waals surface area contributed by atoms with E-state index in [2.05, 4.69) is 25.1 Å². The Labute approximate surface area is 108 Å². The fraction of sp³-hybridized carbons (Fsp3) is 0.0833. The van der Waals surface area contributed by atoms with E-state index in [4.69, 9.17) is 9.78 Å². The molecule has 0 unspecified atom stereocenters. The molecule has 0 aliphatic heterocycles. The van der Waals surface area contributed by atoms with Gasteiger partial charge in [0.05, 0.1) is 5.56 Å². The highest BCUT2D eigenvalue weighted by Gasteiger charge is 2.13. The fourth-order valence-electron chi connectivity index (χ4n) is 1.61. The normalized spacial score (nSPS) is 10.3. The number of aryl methyl sites for hydroxylation is 1. The molecular formula is C12H8N6O. The van der Waals surface area contributed by atoms with Crippen molar-refractivity contribution in [2.45, 2.75) is 6.92 Å². The lowest BCUT2D eigenvalue weighted by Crippen LogP contribution is -1.90. The summed E-state index contributed by atoms with van der Waals surface area (Å²) in [5, 5.41) is 12.6. The number of rotatable bonds is 2. The average molecular weight is 252 g/mol. The summed E-state index contributed by atoms with van der Waals surface area (Å²) in [4.78, 5) is 15.3. The van der Waals surface area contributed by atoms with Crippen molar-refractivity contribution in [2.24, 2.45) is 0 Å². The van der Waals surface area contributed by atoms with Crippen LogP contribution in [-0.4, -0.2) is 25.1 Å². The number of hydrogen-bond donors (Lipinski definition) is 1. The van der Waals surface area contributed by atoms with Crippen LogP contribution >= 0.6 is 0 Å². The molecule has 0 saturated heterocycles. The van der Waals surface area contributed by atoms with E-state index in [1.165, 1.54) is 0 Å².